The minimum atomic E-state index is -0.349. The van der Waals surface area contributed by atoms with Gasteiger partial charge in [-0.2, -0.15) is 0 Å². The molecule has 0 bridgehead atoms. The highest BCUT2D eigenvalue weighted by Gasteiger charge is 2.27. The molecular formula is C17H15O3. The molecule has 3 rings (SSSR count). The van der Waals surface area contributed by atoms with Gasteiger partial charge < -0.3 is 5.11 Å². The van der Waals surface area contributed by atoms with Gasteiger partial charge in [0, 0.05) is 16.5 Å². The Hall–Kier alpha value is -2.29. The van der Waals surface area contributed by atoms with E-state index >= 15 is 0 Å². The van der Waals surface area contributed by atoms with Gasteiger partial charge in [-0.15, -0.1) is 0 Å². The van der Waals surface area contributed by atoms with Gasteiger partial charge in [-0.25, -0.2) is 0 Å². The third-order valence-electron chi connectivity index (χ3n) is 3.74. The summed E-state index contributed by atoms with van der Waals surface area (Å²) in [5.74, 6) is -0.387. The Morgan fingerprint density at radius 3 is 2.40 bits per heavy atom. The van der Waals surface area contributed by atoms with Crippen molar-refractivity contribution < 1.29 is 15.0 Å². The van der Waals surface area contributed by atoms with E-state index in [1.54, 1.807) is 18.2 Å². The van der Waals surface area contributed by atoms with Crippen LogP contribution in [0.15, 0.2) is 24.3 Å². The predicted molar refractivity (Wildman–Crippen MR) is 77.8 cm³/mol. The summed E-state index contributed by atoms with van der Waals surface area (Å²) in [5, 5.41) is 23.4. The topological polar surface area (TPSA) is 57.2 Å². The summed E-state index contributed by atoms with van der Waals surface area (Å²) in [6.45, 7) is 5.83. The van der Waals surface area contributed by atoms with Crippen molar-refractivity contribution in [2.24, 2.45) is 0 Å². The number of carbonyl (C=O) groups is 1. The first-order valence-corrected chi connectivity index (χ1v) is 6.53. The van der Waals surface area contributed by atoms with E-state index in [0.717, 1.165) is 5.56 Å². The minimum Gasteiger partial charge on any atom is -0.507 e. The van der Waals surface area contributed by atoms with Gasteiger partial charge in [0.2, 0.25) is 0 Å². The number of aromatic hydroxyl groups is 1. The number of rotatable bonds is 0. The van der Waals surface area contributed by atoms with Crippen molar-refractivity contribution in [3.05, 3.63) is 41.0 Å². The average molecular weight is 267 g/mol. The van der Waals surface area contributed by atoms with E-state index in [0.29, 0.717) is 16.5 Å². The largest absolute Gasteiger partial charge is 0.507 e. The van der Waals surface area contributed by atoms with Crippen molar-refractivity contribution in [2.45, 2.75) is 26.2 Å². The molecule has 0 saturated heterocycles. The standard InChI is InChI=1S/C17H15O3/c1-17(2,3)11-8-10-12(18)6-4-9-5-7-13(19)15(14(9)10)16(11)20/h4-8,20H,1-3H3. The lowest BCUT2D eigenvalue weighted by atomic mass is 9.81. The molecule has 1 aliphatic carbocycles. The molecule has 0 spiro atoms. The second-order valence-corrected chi connectivity index (χ2v) is 6.17. The van der Waals surface area contributed by atoms with E-state index in [-0.39, 0.29) is 28.1 Å². The Kier molecular flexibility index (Phi) is 2.45. The molecule has 0 aromatic heterocycles. The SMILES string of the molecule is CC(C)(C)c1cc2c3c(ccc([O])c3c1O)C=CC2=O. The Labute approximate surface area is 117 Å². The third-order valence-corrected chi connectivity index (χ3v) is 3.74. The first-order valence-electron chi connectivity index (χ1n) is 6.53. The zero-order valence-electron chi connectivity index (χ0n) is 11.7. The van der Waals surface area contributed by atoms with Crippen LogP contribution in [0.1, 0.15) is 42.3 Å². The highest BCUT2D eigenvalue weighted by Crippen LogP contribution is 2.45. The zero-order valence-corrected chi connectivity index (χ0v) is 11.7. The average Bonchev–Trinajstić information content (AvgIpc) is 2.35. The number of phenolic OH excluding ortho intramolecular Hbond substituents is 1. The summed E-state index contributed by atoms with van der Waals surface area (Å²) < 4.78 is 0. The van der Waals surface area contributed by atoms with Gasteiger partial charge in [0.25, 0.3) is 0 Å². The molecule has 2 aromatic carbocycles. The predicted octanol–water partition coefficient (Wildman–Crippen LogP) is 4.20. The Morgan fingerprint density at radius 1 is 1.05 bits per heavy atom. The molecule has 3 nitrogen and oxygen atoms in total. The Bertz CT molecular complexity index is 777. The monoisotopic (exact) mass is 267 g/mol. The Balaban J connectivity index is 2.56. The molecule has 3 heteroatoms. The van der Waals surface area contributed by atoms with E-state index in [2.05, 4.69) is 0 Å². The van der Waals surface area contributed by atoms with Crippen LogP contribution in [0, 0.1) is 0 Å². The van der Waals surface area contributed by atoms with Crippen LogP contribution >= 0.6 is 0 Å². The molecule has 2 aromatic rings. The molecular weight excluding hydrogens is 252 g/mol. The minimum absolute atomic E-state index is 0.00815. The molecule has 0 unspecified atom stereocenters. The van der Waals surface area contributed by atoms with Crippen LogP contribution < -0.4 is 0 Å². The van der Waals surface area contributed by atoms with Gasteiger partial charge in [-0.1, -0.05) is 32.9 Å². The third kappa shape index (κ3) is 1.63. The van der Waals surface area contributed by atoms with E-state index in [1.807, 2.05) is 20.8 Å². The number of phenols is 1. The number of carbonyl (C=O) groups excluding carboxylic acids is 1. The first-order chi connectivity index (χ1) is 9.30. The molecule has 1 radical (unpaired) electrons. The van der Waals surface area contributed by atoms with Crippen molar-refractivity contribution >= 4 is 22.6 Å². The van der Waals surface area contributed by atoms with Gasteiger partial charge in [0.05, 0.1) is 5.39 Å². The fourth-order valence-electron chi connectivity index (χ4n) is 2.70. The van der Waals surface area contributed by atoms with Crippen LogP contribution in [0.4, 0.5) is 0 Å². The van der Waals surface area contributed by atoms with Crippen LogP contribution in [-0.4, -0.2) is 10.9 Å². The van der Waals surface area contributed by atoms with Crippen LogP contribution in [-0.2, 0) is 10.5 Å². The van der Waals surface area contributed by atoms with Gasteiger partial charge >= 0.3 is 0 Å². The lowest BCUT2D eigenvalue weighted by Gasteiger charge is -2.24. The second-order valence-electron chi connectivity index (χ2n) is 6.17. The van der Waals surface area contributed by atoms with E-state index in [9.17, 15) is 15.0 Å². The summed E-state index contributed by atoms with van der Waals surface area (Å²) in [6, 6.07) is 4.84. The van der Waals surface area contributed by atoms with Crippen molar-refractivity contribution in [3.63, 3.8) is 0 Å². The molecule has 0 fully saturated rings. The summed E-state index contributed by atoms with van der Waals surface area (Å²) >= 11 is 0. The summed E-state index contributed by atoms with van der Waals surface area (Å²) in [5.41, 5.74) is 1.57. The van der Waals surface area contributed by atoms with Crippen molar-refractivity contribution in [1.82, 2.24) is 0 Å². The van der Waals surface area contributed by atoms with E-state index in [4.69, 9.17) is 0 Å². The van der Waals surface area contributed by atoms with E-state index in [1.165, 1.54) is 12.1 Å². The number of hydrogen-bond acceptors (Lipinski definition) is 2. The fourth-order valence-corrected chi connectivity index (χ4v) is 2.70. The highest BCUT2D eigenvalue weighted by molar-refractivity contribution is 6.22. The molecule has 0 atom stereocenters. The number of hydrogen-bond donors (Lipinski definition) is 1. The van der Waals surface area contributed by atoms with Gasteiger partial charge in [-0.05, 0) is 29.2 Å². The summed E-state index contributed by atoms with van der Waals surface area (Å²) in [6.07, 6.45) is 3.19. The van der Waals surface area contributed by atoms with Gasteiger partial charge in [-0.3, -0.25) is 9.90 Å². The maximum atomic E-state index is 12.1. The zero-order chi connectivity index (χ0) is 14.7. The van der Waals surface area contributed by atoms with Crippen molar-refractivity contribution in [2.75, 3.05) is 0 Å². The van der Waals surface area contributed by atoms with Crippen LogP contribution in [0.25, 0.3) is 16.8 Å². The Morgan fingerprint density at radius 2 is 1.75 bits per heavy atom. The molecule has 101 valence electrons. The number of allylic oxidation sites excluding steroid dienone is 1. The molecule has 0 heterocycles. The molecule has 1 N–H and O–H groups in total. The first kappa shape index (κ1) is 12.7. The summed E-state index contributed by atoms with van der Waals surface area (Å²) in [7, 11) is 0. The second kappa shape index (κ2) is 3.85. The van der Waals surface area contributed by atoms with E-state index < -0.39 is 0 Å². The van der Waals surface area contributed by atoms with Crippen LogP contribution in [0.5, 0.6) is 11.5 Å². The lowest BCUT2D eigenvalue weighted by molar-refractivity contribution is 0.104. The normalized spacial score (nSPS) is 14.1. The quantitative estimate of drug-likeness (QED) is 0.777. The summed E-state index contributed by atoms with van der Waals surface area (Å²) in [4.78, 5) is 12.1. The maximum absolute atomic E-state index is 12.1. The molecule has 0 aliphatic heterocycles. The highest BCUT2D eigenvalue weighted by atomic mass is 16.3. The smallest absolute Gasteiger partial charge is 0.190 e. The lowest BCUT2D eigenvalue weighted by Crippen LogP contribution is -2.14. The van der Waals surface area contributed by atoms with Crippen LogP contribution in [0.3, 0.4) is 0 Å². The van der Waals surface area contributed by atoms with Crippen molar-refractivity contribution in [3.8, 4) is 11.5 Å². The maximum Gasteiger partial charge on any atom is 0.190 e. The number of ketones is 1. The van der Waals surface area contributed by atoms with Gasteiger partial charge in [0.1, 0.15) is 5.75 Å². The van der Waals surface area contributed by atoms with Crippen LogP contribution in [0.2, 0.25) is 0 Å². The molecule has 20 heavy (non-hydrogen) atoms. The molecule has 0 saturated carbocycles. The van der Waals surface area contributed by atoms with Crippen molar-refractivity contribution in [1.29, 1.82) is 0 Å². The molecule has 0 amide bonds. The fraction of sp³-hybridized carbons (Fsp3) is 0.235. The number of benzene rings is 2. The van der Waals surface area contributed by atoms with Gasteiger partial charge in [0.15, 0.2) is 11.5 Å². The molecule has 1 aliphatic rings.